The molecule has 0 saturated carbocycles. The summed E-state index contributed by atoms with van der Waals surface area (Å²) in [5, 5.41) is 13.0. The number of barbiturate groups is 1. The van der Waals surface area contributed by atoms with E-state index in [2.05, 4.69) is 5.32 Å². The van der Waals surface area contributed by atoms with Gasteiger partial charge in [-0.25, -0.2) is 9.69 Å². The average Bonchev–Trinajstić information content (AvgIpc) is 2.83. The number of hydrogen-bond donors (Lipinski definition) is 1. The molecule has 0 spiro atoms. The number of nitrogens with zero attached hydrogens (tertiary/aromatic N) is 2. The van der Waals surface area contributed by atoms with Crippen molar-refractivity contribution in [1.82, 2.24) is 5.32 Å². The predicted octanol–water partition coefficient (Wildman–Crippen LogP) is 4.46. The maximum atomic E-state index is 13.1. The molecule has 0 unspecified atom stereocenters. The van der Waals surface area contributed by atoms with Crippen molar-refractivity contribution in [2.24, 2.45) is 0 Å². The molecule has 0 bridgehead atoms. The summed E-state index contributed by atoms with van der Waals surface area (Å²) in [5.41, 5.74) is 3.36. The van der Waals surface area contributed by atoms with Crippen LogP contribution in [0.3, 0.4) is 0 Å². The molecule has 1 aliphatic rings. The van der Waals surface area contributed by atoms with Crippen LogP contribution in [0, 0.1) is 24.0 Å². The van der Waals surface area contributed by atoms with Crippen LogP contribution in [0.2, 0.25) is 0 Å². The Hall–Kier alpha value is -4.79. The monoisotopic (exact) mass is 471 g/mol. The van der Waals surface area contributed by atoms with Crippen molar-refractivity contribution in [2.75, 3.05) is 4.90 Å². The van der Waals surface area contributed by atoms with Crippen LogP contribution < -0.4 is 15.0 Å². The first-order chi connectivity index (χ1) is 16.7. The number of urea groups is 1. The van der Waals surface area contributed by atoms with Crippen molar-refractivity contribution in [3.05, 3.63) is 105 Å². The number of nitro groups is 1. The standard InChI is InChI=1S/C26H21N3O6/c1-16-6-9-21(12-17(16)2)28-25(31)23(24(30)27-26(28)32)14-19-4-3-5-22(13-19)35-15-18-7-10-20(11-8-18)29(33)34/h3-14H,15H2,1-2H3,(H,27,30,32)/b23-14-. The molecule has 9 nitrogen and oxygen atoms in total. The molecule has 0 radical (unpaired) electrons. The molecule has 1 N–H and O–H groups in total. The Labute approximate surface area is 200 Å². The molecule has 3 aromatic carbocycles. The normalized spacial score (nSPS) is 14.7. The van der Waals surface area contributed by atoms with Crippen molar-refractivity contribution in [1.29, 1.82) is 0 Å². The van der Waals surface area contributed by atoms with Gasteiger partial charge in [0.15, 0.2) is 0 Å². The molecular formula is C26H21N3O6. The van der Waals surface area contributed by atoms with E-state index in [1.807, 2.05) is 13.8 Å². The number of nitro benzene ring substituents is 1. The minimum atomic E-state index is -0.805. The third kappa shape index (κ3) is 5.09. The first-order valence-electron chi connectivity index (χ1n) is 10.7. The van der Waals surface area contributed by atoms with Crippen LogP contribution in [0.5, 0.6) is 5.75 Å². The highest BCUT2D eigenvalue weighted by Crippen LogP contribution is 2.25. The third-order valence-corrected chi connectivity index (χ3v) is 5.57. The van der Waals surface area contributed by atoms with E-state index >= 15 is 0 Å². The minimum absolute atomic E-state index is 0.00822. The second-order valence-corrected chi connectivity index (χ2v) is 8.01. The summed E-state index contributed by atoms with van der Waals surface area (Å²) in [7, 11) is 0. The summed E-state index contributed by atoms with van der Waals surface area (Å²) in [6, 6.07) is 17.1. The van der Waals surface area contributed by atoms with Crippen LogP contribution in [0.15, 0.2) is 72.3 Å². The summed E-state index contributed by atoms with van der Waals surface area (Å²) in [4.78, 5) is 49.3. The fourth-order valence-electron chi connectivity index (χ4n) is 3.50. The lowest BCUT2D eigenvalue weighted by molar-refractivity contribution is -0.384. The van der Waals surface area contributed by atoms with E-state index in [1.54, 1.807) is 54.6 Å². The first kappa shape index (κ1) is 23.4. The van der Waals surface area contributed by atoms with Gasteiger partial charge in [-0.3, -0.25) is 25.0 Å². The van der Waals surface area contributed by atoms with E-state index in [1.165, 1.54) is 18.2 Å². The first-order valence-corrected chi connectivity index (χ1v) is 10.7. The van der Waals surface area contributed by atoms with Gasteiger partial charge in [0.2, 0.25) is 0 Å². The number of aryl methyl sites for hydroxylation is 2. The Kier molecular flexibility index (Phi) is 6.41. The van der Waals surface area contributed by atoms with Crippen molar-refractivity contribution < 1.29 is 24.0 Å². The Bertz CT molecular complexity index is 1380. The lowest BCUT2D eigenvalue weighted by atomic mass is 10.0. The quantitative estimate of drug-likeness (QED) is 0.245. The fraction of sp³-hybridized carbons (Fsp3) is 0.115. The van der Waals surface area contributed by atoms with Gasteiger partial charge in [-0.2, -0.15) is 0 Å². The van der Waals surface area contributed by atoms with Crippen LogP contribution in [-0.4, -0.2) is 22.8 Å². The molecule has 1 saturated heterocycles. The maximum absolute atomic E-state index is 13.1. The number of imide groups is 2. The Morgan fingerprint density at radius 1 is 0.971 bits per heavy atom. The van der Waals surface area contributed by atoms with Crippen LogP contribution in [-0.2, 0) is 16.2 Å². The van der Waals surface area contributed by atoms with E-state index in [0.29, 0.717) is 17.0 Å². The molecule has 1 heterocycles. The highest BCUT2D eigenvalue weighted by molar-refractivity contribution is 6.39. The number of amides is 4. The van der Waals surface area contributed by atoms with Gasteiger partial charge in [-0.1, -0.05) is 18.2 Å². The number of ether oxygens (including phenoxy) is 1. The van der Waals surface area contributed by atoms with E-state index in [9.17, 15) is 24.5 Å². The number of carbonyl (C=O) groups is 3. The summed E-state index contributed by atoms with van der Waals surface area (Å²) in [6.45, 7) is 3.96. The van der Waals surface area contributed by atoms with Crippen LogP contribution in [0.4, 0.5) is 16.2 Å². The van der Waals surface area contributed by atoms with Crippen LogP contribution in [0.25, 0.3) is 6.08 Å². The molecule has 1 aliphatic heterocycles. The number of non-ortho nitro benzene ring substituents is 1. The molecule has 9 heteroatoms. The highest BCUT2D eigenvalue weighted by Gasteiger charge is 2.36. The van der Waals surface area contributed by atoms with Gasteiger partial charge in [0.25, 0.3) is 17.5 Å². The van der Waals surface area contributed by atoms with Crippen molar-refractivity contribution in [3.63, 3.8) is 0 Å². The molecule has 1 fully saturated rings. The lowest BCUT2D eigenvalue weighted by Gasteiger charge is -2.26. The average molecular weight is 471 g/mol. The van der Waals surface area contributed by atoms with E-state index in [4.69, 9.17) is 4.74 Å². The van der Waals surface area contributed by atoms with Crippen LogP contribution in [0.1, 0.15) is 22.3 Å². The second-order valence-electron chi connectivity index (χ2n) is 8.01. The fourth-order valence-corrected chi connectivity index (χ4v) is 3.50. The Morgan fingerprint density at radius 3 is 2.40 bits per heavy atom. The summed E-state index contributed by atoms with van der Waals surface area (Å²) >= 11 is 0. The predicted molar refractivity (Wildman–Crippen MR) is 129 cm³/mol. The van der Waals surface area contributed by atoms with Gasteiger partial charge in [0.05, 0.1) is 10.6 Å². The molecule has 4 rings (SSSR count). The van der Waals surface area contributed by atoms with Crippen LogP contribution >= 0.6 is 0 Å². The number of carbonyl (C=O) groups excluding carboxylic acids is 3. The minimum Gasteiger partial charge on any atom is -0.489 e. The Balaban J connectivity index is 1.54. The summed E-state index contributed by atoms with van der Waals surface area (Å²) in [6.07, 6.45) is 1.40. The zero-order chi connectivity index (χ0) is 25.1. The molecule has 3 aromatic rings. The number of hydrogen-bond acceptors (Lipinski definition) is 6. The van der Waals surface area contributed by atoms with Gasteiger partial charge in [0, 0.05) is 12.1 Å². The third-order valence-electron chi connectivity index (χ3n) is 5.57. The number of nitrogens with one attached hydrogen (secondary N) is 1. The zero-order valence-corrected chi connectivity index (χ0v) is 19.0. The molecule has 0 aromatic heterocycles. The smallest absolute Gasteiger partial charge is 0.335 e. The van der Waals surface area contributed by atoms with Gasteiger partial charge >= 0.3 is 6.03 Å². The molecule has 176 valence electrons. The van der Waals surface area contributed by atoms with Gasteiger partial charge in [0.1, 0.15) is 17.9 Å². The highest BCUT2D eigenvalue weighted by atomic mass is 16.6. The zero-order valence-electron chi connectivity index (χ0n) is 19.0. The second kappa shape index (κ2) is 9.60. The molecular weight excluding hydrogens is 450 g/mol. The van der Waals surface area contributed by atoms with E-state index in [-0.39, 0.29) is 17.9 Å². The SMILES string of the molecule is Cc1ccc(N2C(=O)NC(=O)/C(=C/c3cccc(OCc4ccc([N+](=O)[O-])cc4)c3)C2=O)cc1C. The van der Waals surface area contributed by atoms with E-state index in [0.717, 1.165) is 21.6 Å². The molecule has 4 amide bonds. The lowest BCUT2D eigenvalue weighted by Crippen LogP contribution is -2.54. The van der Waals surface area contributed by atoms with Crippen molar-refractivity contribution in [3.8, 4) is 5.75 Å². The van der Waals surface area contributed by atoms with Gasteiger partial charge < -0.3 is 4.74 Å². The number of anilines is 1. The van der Waals surface area contributed by atoms with Gasteiger partial charge in [-0.15, -0.1) is 0 Å². The number of rotatable bonds is 6. The van der Waals surface area contributed by atoms with E-state index < -0.39 is 22.8 Å². The van der Waals surface area contributed by atoms with Gasteiger partial charge in [-0.05, 0) is 78.6 Å². The molecule has 35 heavy (non-hydrogen) atoms. The van der Waals surface area contributed by atoms with Crippen molar-refractivity contribution in [2.45, 2.75) is 20.5 Å². The largest absolute Gasteiger partial charge is 0.489 e. The number of benzene rings is 3. The molecule has 0 aliphatic carbocycles. The Morgan fingerprint density at radius 2 is 1.71 bits per heavy atom. The maximum Gasteiger partial charge on any atom is 0.335 e. The summed E-state index contributed by atoms with van der Waals surface area (Å²) < 4.78 is 5.76. The topological polar surface area (TPSA) is 119 Å². The summed E-state index contributed by atoms with van der Waals surface area (Å²) in [5.74, 6) is -1.03. The van der Waals surface area contributed by atoms with Crippen molar-refractivity contribution >= 4 is 35.3 Å². The molecule has 0 atom stereocenters.